The third kappa shape index (κ3) is 4.20. The van der Waals surface area contributed by atoms with Crippen LogP contribution in [0, 0.1) is 0 Å². The van der Waals surface area contributed by atoms with Crippen LogP contribution < -0.4 is 5.73 Å². The lowest BCUT2D eigenvalue weighted by Crippen LogP contribution is -2.17. The number of thioether (sulfide) groups is 1. The van der Waals surface area contributed by atoms with Crippen LogP contribution in [-0.4, -0.2) is 16.9 Å². The second-order valence-electron chi connectivity index (χ2n) is 3.16. The second kappa shape index (κ2) is 5.14. The Balaban J connectivity index is 2.33. The molecule has 0 fully saturated rings. The smallest absolute Gasteiger partial charge is 0.115 e. The average molecular weight is 197 g/mol. The predicted octanol–water partition coefficient (Wildman–Crippen LogP) is 1.97. The number of rotatable bonds is 4. The molecule has 2 nitrogen and oxygen atoms in total. The van der Waals surface area contributed by atoms with E-state index < -0.39 is 0 Å². The van der Waals surface area contributed by atoms with Crippen LogP contribution in [0.15, 0.2) is 24.3 Å². The van der Waals surface area contributed by atoms with E-state index in [4.69, 9.17) is 10.8 Å². The Morgan fingerprint density at radius 1 is 1.38 bits per heavy atom. The summed E-state index contributed by atoms with van der Waals surface area (Å²) in [5.74, 6) is 2.25. The van der Waals surface area contributed by atoms with Crippen molar-refractivity contribution < 1.29 is 5.11 Å². The van der Waals surface area contributed by atoms with Gasteiger partial charge in [-0.2, -0.15) is 11.8 Å². The molecule has 0 saturated carbocycles. The zero-order valence-corrected chi connectivity index (χ0v) is 8.55. The van der Waals surface area contributed by atoms with Crippen LogP contribution in [0.2, 0.25) is 0 Å². The highest BCUT2D eigenvalue weighted by Crippen LogP contribution is 2.15. The molecule has 0 radical (unpaired) electrons. The molecule has 0 spiro atoms. The molecule has 1 unspecified atom stereocenters. The number of aromatic hydroxyl groups is 1. The Morgan fingerprint density at radius 2 is 2.00 bits per heavy atom. The molecule has 0 heterocycles. The molecular weight excluding hydrogens is 182 g/mol. The maximum atomic E-state index is 9.04. The van der Waals surface area contributed by atoms with Crippen LogP contribution >= 0.6 is 11.8 Å². The van der Waals surface area contributed by atoms with Crippen molar-refractivity contribution in [2.45, 2.75) is 18.7 Å². The molecule has 0 amide bonds. The zero-order chi connectivity index (χ0) is 9.68. The van der Waals surface area contributed by atoms with E-state index in [-0.39, 0.29) is 6.04 Å². The summed E-state index contributed by atoms with van der Waals surface area (Å²) in [5.41, 5.74) is 6.85. The second-order valence-corrected chi connectivity index (χ2v) is 4.19. The average Bonchev–Trinajstić information content (AvgIpc) is 2.08. The molecule has 1 aromatic carbocycles. The van der Waals surface area contributed by atoms with E-state index in [2.05, 4.69) is 0 Å². The third-order valence-corrected chi connectivity index (χ3v) is 2.88. The summed E-state index contributed by atoms with van der Waals surface area (Å²) in [5, 5.41) is 9.04. The summed E-state index contributed by atoms with van der Waals surface area (Å²) in [6.45, 7) is 2.00. The first-order chi connectivity index (χ1) is 6.18. The van der Waals surface area contributed by atoms with Crippen molar-refractivity contribution in [2.24, 2.45) is 5.73 Å². The van der Waals surface area contributed by atoms with Crippen LogP contribution in [0.4, 0.5) is 0 Å². The minimum Gasteiger partial charge on any atom is -0.508 e. The van der Waals surface area contributed by atoms with E-state index in [0.29, 0.717) is 5.75 Å². The van der Waals surface area contributed by atoms with Gasteiger partial charge in [-0.05, 0) is 24.6 Å². The van der Waals surface area contributed by atoms with E-state index in [1.165, 1.54) is 5.56 Å². The van der Waals surface area contributed by atoms with Gasteiger partial charge in [0.05, 0.1) is 0 Å². The molecule has 3 heteroatoms. The maximum Gasteiger partial charge on any atom is 0.115 e. The largest absolute Gasteiger partial charge is 0.508 e. The van der Waals surface area contributed by atoms with Crippen molar-refractivity contribution in [2.75, 3.05) is 5.75 Å². The molecule has 1 aromatic rings. The highest BCUT2D eigenvalue weighted by molar-refractivity contribution is 7.98. The first-order valence-corrected chi connectivity index (χ1v) is 5.45. The van der Waals surface area contributed by atoms with Crippen LogP contribution in [0.3, 0.4) is 0 Å². The minimum atomic E-state index is 0.252. The highest BCUT2D eigenvalue weighted by Gasteiger charge is 1.96. The Morgan fingerprint density at radius 3 is 2.54 bits per heavy atom. The summed E-state index contributed by atoms with van der Waals surface area (Å²) in [6, 6.07) is 7.54. The van der Waals surface area contributed by atoms with Crippen molar-refractivity contribution in [3.05, 3.63) is 29.8 Å². The fourth-order valence-corrected chi connectivity index (χ4v) is 1.87. The van der Waals surface area contributed by atoms with Gasteiger partial charge in [0, 0.05) is 17.5 Å². The van der Waals surface area contributed by atoms with Crippen LogP contribution in [-0.2, 0) is 5.75 Å². The SMILES string of the molecule is CC(N)CSCc1ccc(O)cc1. The van der Waals surface area contributed by atoms with Gasteiger partial charge in [0.1, 0.15) is 5.75 Å². The Bertz CT molecular complexity index is 246. The molecule has 72 valence electrons. The lowest BCUT2D eigenvalue weighted by atomic mass is 10.2. The lowest BCUT2D eigenvalue weighted by molar-refractivity contribution is 0.475. The van der Waals surface area contributed by atoms with Gasteiger partial charge in [-0.1, -0.05) is 12.1 Å². The molecule has 0 bridgehead atoms. The fraction of sp³-hybridized carbons (Fsp3) is 0.400. The lowest BCUT2D eigenvalue weighted by Gasteiger charge is -2.04. The van der Waals surface area contributed by atoms with Crippen molar-refractivity contribution in [3.8, 4) is 5.75 Å². The Labute approximate surface area is 83.1 Å². The Kier molecular flexibility index (Phi) is 4.12. The Hall–Kier alpha value is -0.670. The highest BCUT2D eigenvalue weighted by atomic mass is 32.2. The number of benzene rings is 1. The van der Waals surface area contributed by atoms with Gasteiger partial charge >= 0.3 is 0 Å². The van der Waals surface area contributed by atoms with Gasteiger partial charge < -0.3 is 10.8 Å². The number of hydrogen-bond acceptors (Lipinski definition) is 3. The zero-order valence-electron chi connectivity index (χ0n) is 7.73. The number of phenols is 1. The summed E-state index contributed by atoms with van der Waals surface area (Å²) in [7, 11) is 0. The summed E-state index contributed by atoms with van der Waals surface area (Å²) in [6.07, 6.45) is 0. The number of nitrogens with two attached hydrogens (primary N) is 1. The van der Waals surface area contributed by atoms with Gasteiger partial charge in [-0.15, -0.1) is 0 Å². The van der Waals surface area contributed by atoms with E-state index >= 15 is 0 Å². The van der Waals surface area contributed by atoms with Crippen molar-refractivity contribution >= 4 is 11.8 Å². The molecule has 13 heavy (non-hydrogen) atoms. The van der Waals surface area contributed by atoms with Gasteiger partial charge in [0.25, 0.3) is 0 Å². The fourth-order valence-electron chi connectivity index (χ4n) is 0.955. The summed E-state index contributed by atoms with van der Waals surface area (Å²) < 4.78 is 0. The van der Waals surface area contributed by atoms with E-state index in [1.54, 1.807) is 12.1 Å². The maximum absolute atomic E-state index is 9.04. The quantitative estimate of drug-likeness (QED) is 0.775. The molecule has 1 rings (SSSR count). The van der Waals surface area contributed by atoms with Crippen LogP contribution in [0.25, 0.3) is 0 Å². The van der Waals surface area contributed by atoms with Crippen molar-refractivity contribution in [3.63, 3.8) is 0 Å². The molecule has 0 aliphatic rings. The van der Waals surface area contributed by atoms with Crippen molar-refractivity contribution in [1.82, 2.24) is 0 Å². The molecular formula is C10H15NOS. The normalized spacial score (nSPS) is 12.8. The first kappa shape index (κ1) is 10.4. The van der Waals surface area contributed by atoms with Crippen LogP contribution in [0.5, 0.6) is 5.75 Å². The molecule has 0 aliphatic heterocycles. The van der Waals surface area contributed by atoms with Crippen LogP contribution in [0.1, 0.15) is 12.5 Å². The predicted molar refractivity (Wildman–Crippen MR) is 57.9 cm³/mol. The molecule has 0 aromatic heterocycles. The molecule has 0 saturated heterocycles. The molecule has 3 N–H and O–H groups in total. The van der Waals surface area contributed by atoms with Crippen molar-refractivity contribution in [1.29, 1.82) is 0 Å². The monoisotopic (exact) mass is 197 g/mol. The molecule has 0 aliphatic carbocycles. The van der Waals surface area contributed by atoms with E-state index in [9.17, 15) is 0 Å². The minimum absolute atomic E-state index is 0.252. The standard InChI is InChI=1S/C10H15NOS/c1-8(11)6-13-7-9-2-4-10(12)5-3-9/h2-5,8,12H,6-7,11H2,1H3. The number of phenolic OH excluding ortho intramolecular Hbond substituents is 1. The third-order valence-electron chi connectivity index (χ3n) is 1.59. The van der Waals surface area contributed by atoms with Gasteiger partial charge in [0.2, 0.25) is 0 Å². The van der Waals surface area contributed by atoms with Gasteiger partial charge in [-0.3, -0.25) is 0 Å². The van der Waals surface area contributed by atoms with Gasteiger partial charge in [0.15, 0.2) is 0 Å². The van der Waals surface area contributed by atoms with E-state index in [1.807, 2.05) is 30.8 Å². The first-order valence-electron chi connectivity index (χ1n) is 4.29. The summed E-state index contributed by atoms with van der Waals surface area (Å²) in [4.78, 5) is 0. The molecule has 1 atom stereocenters. The number of hydrogen-bond donors (Lipinski definition) is 2. The van der Waals surface area contributed by atoms with Gasteiger partial charge in [-0.25, -0.2) is 0 Å². The van der Waals surface area contributed by atoms with E-state index in [0.717, 1.165) is 11.5 Å². The summed E-state index contributed by atoms with van der Waals surface area (Å²) >= 11 is 1.81. The topological polar surface area (TPSA) is 46.2 Å².